The Hall–Kier alpha value is -3.54. The number of carbonyl (C=O) groups is 1. The van der Waals surface area contributed by atoms with E-state index in [-0.39, 0.29) is 5.91 Å². The van der Waals surface area contributed by atoms with Gasteiger partial charge in [0, 0.05) is 24.1 Å². The van der Waals surface area contributed by atoms with Crippen molar-refractivity contribution in [3.63, 3.8) is 0 Å². The summed E-state index contributed by atoms with van der Waals surface area (Å²) < 4.78 is 10.5. The van der Waals surface area contributed by atoms with Crippen LogP contribution in [0, 0.1) is 13.8 Å². The molecule has 0 bridgehead atoms. The molecule has 0 radical (unpaired) electrons. The zero-order valence-corrected chi connectivity index (χ0v) is 17.1. The van der Waals surface area contributed by atoms with E-state index in [1.165, 1.54) is 11.1 Å². The van der Waals surface area contributed by atoms with Crippen LogP contribution in [0.25, 0.3) is 0 Å². The average molecular weight is 391 g/mol. The number of rotatable bonds is 7. The van der Waals surface area contributed by atoms with Crippen LogP contribution >= 0.6 is 0 Å². The van der Waals surface area contributed by atoms with E-state index in [0.717, 1.165) is 16.9 Å². The molecule has 2 N–H and O–H groups in total. The summed E-state index contributed by atoms with van der Waals surface area (Å²) in [7, 11) is 3.17. The Morgan fingerprint density at radius 3 is 2.38 bits per heavy atom. The average Bonchev–Trinajstić information content (AvgIpc) is 2.74. The van der Waals surface area contributed by atoms with Gasteiger partial charge in [-0.05, 0) is 66.9 Å². The number of methoxy groups -OCH3 is 2. The molecule has 6 nitrogen and oxygen atoms in total. The van der Waals surface area contributed by atoms with Crippen LogP contribution in [0.2, 0.25) is 0 Å². The van der Waals surface area contributed by atoms with Crippen molar-refractivity contribution in [3.8, 4) is 11.5 Å². The number of aromatic nitrogens is 1. The Kier molecular flexibility index (Phi) is 6.34. The van der Waals surface area contributed by atoms with Gasteiger partial charge >= 0.3 is 0 Å². The van der Waals surface area contributed by atoms with Gasteiger partial charge < -0.3 is 20.1 Å². The van der Waals surface area contributed by atoms with Gasteiger partial charge in [0.1, 0.15) is 5.69 Å². The smallest absolute Gasteiger partial charge is 0.270 e. The normalized spacial score (nSPS) is 10.3. The predicted molar refractivity (Wildman–Crippen MR) is 114 cm³/mol. The van der Waals surface area contributed by atoms with Crippen molar-refractivity contribution in [2.24, 2.45) is 0 Å². The van der Waals surface area contributed by atoms with E-state index in [1.54, 1.807) is 26.5 Å². The number of ether oxygens (including phenoxy) is 2. The summed E-state index contributed by atoms with van der Waals surface area (Å²) in [4.78, 5) is 16.7. The molecule has 0 saturated carbocycles. The highest BCUT2D eigenvalue weighted by atomic mass is 16.5. The third-order valence-corrected chi connectivity index (χ3v) is 4.69. The van der Waals surface area contributed by atoms with Gasteiger partial charge in [-0.15, -0.1) is 0 Å². The fraction of sp³-hybridized carbons (Fsp3) is 0.217. The molecule has 0 aliphatic rings. The minimum absolute atomic E-state index is 0.247. The molecule has 0 saturated heterocycles. The van der Waals surface area contributed by atoms with Crippen molar-refractivity contribution in [2.75, 3.05) is 19.5 Å². The third kappa shape index (κ3) is 5.04. The highest BCUT2D eigenvalue weighted by Crippen LogP contribution is 2.27. The molecule has 29 heavy (non-hydrogen) atoms. The van der Waals surface area contributed by atoms with Gasteiger partial charge in [0.2, 0.25) is 0 Å². The topological polar surface area (TPSA) is 72.5 Å². The highest BCUT2D eigenvalue weighted by Gasteiger charge is 2.10. The molecule has 1 aromatic heterocycles. The summed E-state index contributed by atoms with van der Waals surface area (Å²) in [6, 6.07) is 15.3. The Morgan fingerprint density at radius 1 is 0.897 bits per heavy atom. The number of hydrogen-bond acceptors (Lipinski definition) is 5. The number of hydrogen-bond donors (Lipinski definition) is 2. The number of pyridine rings is 1. The zero-order valence-electron chi connectivity index (χ0n) is 17.1. The first-order valence-corrected chi connectivity index (χ1v) is 9.29. The van der Waals surface area contributed by atoms with E-state index in [2.05, 4.69) is 41.6 Å². The number of nitrogens with zero attached hydrogens (tertiary/aromatic N) is 1. The number of amides is 1. The lowest BCUT2D eigenvalue weighted by Crippen LogP contribution is -2.23. The fourth-order valence-corrected chi connectivity index (χ4v) is 2.88. The summed E-state index contributed by atoms with van der Waals surface area (Å²) in [6.45, 7) is 4.50. The van der Waals surface area contributed by atoms with Crippen molar-refractivity contribution in [1.82, 2.24) is 10.3 Å². The number of nitrogens with one attached hydrogen (secondary N) is 2. The molecule has 0 fully saturated rings. The number of anilines is 2. The molecule has 1 heterocycles. The quantitative estimate of drug-likeness (QED) is 0.625. The van der Waals surface area contributed by atoms with Gasteiger partial charge in [-0.1, -0.05) is 12.1 Å². The van der Waals surface area contributed by atoms with Crippen molar-refractivity contribution < 1.29 is 14.3 Å². The molecule has 6 heteroatoms. The maximum Gasteiger partial charge on any atom is 0.270 e. The van der Waals surface area contributed by atoms with Crippen LogP contribution in [-0.2, 0) is 6.54 Å². The molecule has 0 aliphatic carbocycles. The second kappa shape index (κ2) is 9.10. The first-order valence-electron chi connectivity index (χ1n) is 9.29. The Morgan fingerprint density at radius 2 is 1.66 bits per heavy atom. The van der Waals surface area contributed by atoms with Crippen molar-refractivity contribution in [1.29, 1.82) is 0 Å². The molecule has 0 unspecified atom stereocenters. The van der Waals surface area contributed by atoms with Crippen LogP contribution in [0.3, 0.4) is 0 Å². The maximum absolute atomic E-state index is 12.5. The lowest BCUT2D eigenvalue weighted by Gasteiger charge is -2.11. The maximum atomic E-state index is 12.5. The van der Waals surface area contributed by atoms with Crippen LogP contribution < -0.4 is 20.1 Å². The lowest BCUT2D eigenvalue weighted by molar-refractivity contribution is 0.0946. The summed E-state index contributed by atoms with van der Waals surface area (Å²) in [5, 5.41) is 6.20. The molecular weight excluding hydrogens is 366 g/mol. The Bertz CT molecular complexity index is 1020. The third-order valence-electron chi connectivity index (χ3n) is 4.69. The van der Waals surface area contributed by atoms with Crippen LogP contribution in [0.1, 0.15) is 27.2 Å². The van der Waals surface area contributed by atoms with E-state index in [4.69, 9.17) is 9.47 Å². The van der Waals surface area contributed by atoms with Gasteiger partial charge in [0.05, 0.1) is 14.2 Å². The number of benzene rings is 2. The van der Waals surface area contributed by atoms with Crippen LogP contribution in [-0.4, -0.2) is 25.1 Å². The predicted octanol–water partition coefficient (Wildman–Crippen LogP) is 4.39. The number of carbonyl (C=O) groups excluding carboxylic acids is 1. The van der Waals surface area contributed by atoms with Crippen LogP contribution in [0.15, 0.2) is 54.7 Å². The van der Waals surface area contributed by atoms with E-state index in [9.17, 15) is 4.79 Å². The zero-order chi connectivity index (χ0) is 20.8. The second-order valence-corrected chi connectivity index (χ2v) is 6.73. The summed E-state index contributed by atoms with van der Waals surface area (Å²) in [5.41, 5.74) is 5.47. The van der Waals surface area contributed by atoms with Crippen LogP contribution in [0.5, 0.6) is 11.5 Å². The van der Waals surface area contributed by atoms with Gasteiger partial charge in [0.15, 0.2) is 11.5 Å². The lowest BCUT2D eigenvalue weighted by atomic mass is 10.1. The molecule has 3 rings (SSSR count). The van der Waals surface area contributed by atoms with E-state index in [1.807, 2.05) is 30.3 Å². The standard InChI is InChI=1S/C23H25N3O3/c1-15-5-7-18(11-16(15)2)26-19-9-10-24-20(13-19)23(27)25-14-17-6-8-21(28-3)22(12-17)29-4/h5-13H,14H2,1-4H3,(H,24,26)(H,25,27). The van der Waals surface area contributed by atoms with Crippen LogP contribution in [0.4, 0.5) is 11.4 Å². The van der Waals surface area contributed by atoms with E-state index >= 15 is 0 Å². The minimum Gasteiger partial charge on any atom is -0.493 e. The molecule has 3 aromatic rings. The molecule has 150 valence electrons. The number of aryl methyl sites for hydroxylation is 2. The van der Waals surface area contributed by atoms with E-state index < -0.39 is 0 Å². The fourth-order valence-electron chi connectivity index (χ4n) is 2.88. The van der Waals surface area contributed by atoms with Crippen molar-refractivity contribution in [3.05, 3.63) is 77.1 Å². The second-order valence-electron chi connectivity index (χ2n) is 6.73. The van der Waals surface area contributed by atoms with Crippen molar-refractivity contribution in [2.45, 2.75) is 20.4 Å². The van der Waals surface area contributed by atoms with Gasteiger partial charge in [-0.25, -0.2) is 0 Å². The van der Waals surface area contributed by atoms with Gasteiger partial charge in [0.25, 0.3) is 5.91 Å². The van der Waals surface area contributed by atoms with Crippen molar-refractivity contribution >= 4 is 17.3 Å². The monoisotopic (exact) mass is 391 g/mol. The van der Waals surface area contributed by atoms with Gasteiger partial charge in [-0.3, -0.25) is 9.78 Å². The molecular formula is C23H25N3O3. The Labute approximate surface area is 170 Å². The largest absolute Gasteiger partial charge is 0.493 e. The summed E-state index contributed by atoms with van der Waals surface area (Å²) in [6.07, 6.45) is 1.62. The van der Waals surface area contributed by atoms with E-state index in [0.29, 0.717) is 23.7 Å². The first-order chi connectivity index (χ1) is 14.0. The summed E-state index contributed by atoms with van der Waals surface area (Å²) in [5.74, 6) is 1.02. The minimum atomic E-state index is -0.247. The molecule has 0 spiro atoms. The molecule has 1 amide bonds. The molecule has 0 atom stereocenters. The first kappa shape index (κ1) is 20.2. The highest BCUT2D eigenvalue weighted by molar-refractivity contribution is 5.93. The van der Waals surface area contributed by atoms with Gasteiger partial charge in [-0.2, -0.15) is 0 Å². The SMILES string of the molecule is COc1ccc(CNC(=O)c2cc(Nc3ccc(C)c(C)c3)ccn2)cc1OC. The molecule has 0 aliphatic heterocycles. The summed E-state index contributed by atoms with van der Waals surface area (Å²) >= 11 is 0. The molecule has 2 aromatic carbocycles. The Balaban J connectivity index is 1.67.